The maximum Gasteiger partial charge on any atom is 0.363 e. The van der Waals surface area contributed by atoms with Gasteiger partial charge in [-0.15, -0.1) is 0 Å². The Morgan fingerprint density at radius 1 is 0.900 bits per heavy atom. The van der Waals surface area contributed by atoms with Crippen molar-refractivity contribution in [3.05, 3.63) is 77.5 Å². The molecule has 0 spiro atoms. The normalized spacial score (nSPS) is 15.5. The molecule has 20 heavy (non-hydrogen) atoms. The summed E-state index contributed by atoms with van der Waals surface area (Å²) in [6.45, 7) is 0. The van der Waals surface area contributed by atoms with Crippen molar-refractivity contribution in [1.29, 1.82) is 0 Å². The lowest BCUT2D eigenvalue weighted by Gasteiger charge is -1.97. The van der Waals surface area contributed by atoms with E-state index in [1.165, 1.54) is 0 Å². The van der Waals surface area contributed by atoms with Crippen LogP contribution in [0.25, 0.3) is 6.08 Å². The molecule has 0 atom stereocenters. The van der Waals surface area contributed by atoms with Crippen LogP contribution < -0.4 is 0 Å². The largest absolute Gasteiger partial charge is 0.402 e. The van der Waals surface area contributed by atoms with Crippen molar-refractivity contribution in [3.63, 3.8) is 0 Å². The summed E-state index contributed by atoms with van der Waals surface area (Å²) < 4.78 is 5.17. The molecule has 1 aliphatic rings. The van der Waals surface area contributed by atoms with Gasteiger partial charge in [-0.1, -0.05) is 56.0 Å². The van der Waals surface area contributed by atoms with Crippen LogP contribution in [0.15, 0.2) is 71.4 Å². The van der Waals surface area contributed by atoms with Crippen LogP contribution in [0.1, 0.15) is 18.6 Å². The molecule has 1 heterocycles. The molecule has 0 amide bonds. The van der Waals surface area contributed by atoms with Gasteiger partial charge in [-0.05, 0) is 23.8 Å². The number of nitrogens with zero attached hydrogens (tertiary/aromatic N) is 1. The Balaban J connectivity index is 0.00000147. The Hall–Kier alpha value is -2.68. The minimum absolute atomic E-state index is 0. The zero-order valence-corrected chi connectivity index (χ0v) is 10.1. The van der Waals surface area contributed by atoms with Gasteiger partial charge in [0.25, 0.3) is 0 Å². The quantitative estimate of drug-likeness (QED) is 0.614. The predicted molar refractivity (Wildman–Crippen MR) is 80.2 cm³/mol. The Kier molecular flexibility index (Phi) is 4.11. The molecule has 1 aliphatic heterocycles. The first kappa shape index (κ1) is 13.7. The predicted octanol–water partition coefficient (Wildman–Crippen LogP) is 3.67. The van der Waals surface area contributed by atoms with E-state index in [9.17, 15) is 4.79 Å². The molecule has 3 heteroatoms. The summed E-state index contributed by atoms with van der Waals surface area (Å²) in [5.74, 6) is -0.0597. The lowest BCUT2D eigenvalue weighted by atomic mass is 10.2. The molecule has 0 unspecified atom stereocenters. The topological polar surface area (TPSA) is 38.7 Å². The van der Waals surface area contributed by atoms with E-state index < -0.39 is 5.97 Å². The summed E-state index contributed by atoms with van der Waals surface area (Å²) in [4.78, 5) is 16.0. The molecule has 100 valence electrons. The van der Waals surface area contributed by atoms with Gasteiger partial charge in [0.05, 0.1) is 0 Å². The lowest BCUT2D eigenvalue weighted by molar-refractivity contribution is -0.129. The molecule has 0 radical (unpaired) electrons. The SMILES string of the molecule is C.O=C1OC(c2ccccc2)=NC1=Cc1ccccc1. The van der Waals surface area contributed by atoms with Gasteiger partial charge < -0.3 is 4.74 Å². The Bertz CT molecular complexity index is 658. The third kappa shape index (κ3) is 2.83. The van der Waals surface area contributed by atoms with Crippen molar-refractivity contribution in [2.75, 3.05) is 0 Å². The summed E-state index contributed by atoms with van der Waals surface area (Å²) in [7, 11) is 0. The number of carbonyl (C=O) groups excluding carboxylic acids is 1. The van der Waals surface area contributed by atoms with E-state index in [1.54, 1.807) is 6.08 Å². The van der Waals surface area contributed by atoms with Crippen LogP contribution in [0.5, 0.6) is 0 Å². The highest BCUT2D eigenvalue weighted by Gasteiger charge is 2.23. The van der Waals surface area contributed by atoms with Crippen LogP contribution in [-0.4, -0.2) is 11.9 Å². The van der Waals surface area contributed by atoms with Crippen LogP contribution in [0.2, 0.25) is 0 Å². The fraction of sp³-hybridized carbons (Fsp3) is 0.0588. The van der Waals surface area contributed by atoms with Crippen LogP contribution in [0.4, 0.5) is 0 Å². The number of hydrogen-bond acceptors (Lipinski definition) is 3. The fourth-order valence-corrected chi connectivity index (χ4v) is 1.82. The molecule has 0 aromatic heterocycles. The van der Waals surface area contributed by atoms with Crippen molar-refractivity contribution in [3.8, 4) is 0 Å². The molecule has 0 N–H and O–H groups in total. The first-order valence-electron chi connectivity index (χ1n) is 5.96. The van der Waals surface area contributed by atoms with Gasteiger partial charge in [0, 0.05) is 5.56 Å². The van der Waals surface area contributed by atoms with Crippen molar-refractivity contribution in [2.45, 2.75) is 7.43 Å². The standard InChI is InChI=1S/C16H11NO2.CH4/c18-16-14(11-12-7-3-1-4-8-12)17-15(19-16)13-9-5-2-6-10-13;/h1-11H;1H4. The van der Waals surface area contributed by atoms with Crippen molar-refractivity contribution in [1.82, 2.24) is 0 Å². The number of ether oxygens (including phenoxy) is 1. The fourth-order valence-electron chi connectivity index (χ4n) is 1.82. The first-order valence-corrected chi connectivity index (χ1v) is 5.96. The summed E-state index contributed by atoms with van der Waals surface area (Å²) in [5.41, 5.74) is 2.05. The maximum atomic E-state index is 11.8. The number of rotatable bonds is 2. The number of benzene rings is 2. The molecule has 0 aliphatic carbocycles. The second-order valence-electron chi connectivity index (χ2n) is 4.11. The van der Waals surface area contributed by atoms with Crippen molar-refractivity contribution < 1.29 is 9.53 Å². The van der Waals surface area contributed by atoms with E-state index >= 15 is 0 Å². The molecule has 2 aromatic rings. The monoisotopic (exact) mass is 265 g/mol. The number of esters is 1. The highest BCUT2D eigenvalue weighted by molar-refractivity contribution is 6.12. The molecular formula is C17H15NO2. The summed E-state index contributed by atoms with van der Waals surface area (Å²) in [6, 6.07) is 19.0. The van der Waals surface area contributed by atoms with Gasteiger partial charge in [-0.3, -0.25) is 0 Å². The van der Waals surface area contributed by atoms with E-state index in [0.717, 1.165) is 11.1 Å². The molecule has 0 saturated carbocycles. The van der Waals surface area contributed by atoms with Crippen LogP contribution >= 0.6 is 0 Å². The minimum Gasteiger partial charge on any atom is -0.402 e. The molecule has 2 aromatic carbocycles. The minimum atomic E-state index is -0.414. The third-order valence-corrected chi connectivity index (χ3v) is 2.74. The lowest BCUT2D eigenvalue weighted by Crippen LogP contribution is -2.04. The Morgan fingerprint density at radius 3 is 2.15 bits per heavy atom. The highest BCUT2D eigenvalue weighted by atomic mass is 16.6. The summed E-state index contributed by atoms with van der Waals surface area (Å²) in [6.07, 6.45) is 1.72. The highest BCUT2D eigenvalue weighted by Crippen LogP contribution is 2.18. The molecule has 0 saturated heterocycles. The second kappa shape index (κ2) is 5.97. The van der Waals surface area contributed by atoms with Gasteiger partial charge in [-0.25, -0.2) is 9.79 Å². The third-order valence-electron chi connectivity index (χ3n) is 2.74. The number of hydrogen-bond donors (Lipinski definition) is 0. The zero-order valence-electron chi connectivity index (χ0n) is 10.1. The molecule has 3 rings (SSSR count). The van der Waals surface area contributed by atoms with Gasteiger partial charge in [0.1, 0.15) is 0 Å². The molecular weight excluding hydrogens is 250 g/mol. The van der Waals surface area contributed by atoms with E-state index in [4.69, 9.17) is 4.74 Å². The van der Waals surface area contributed by atoms with Gasteiger partial charge in [0.2, 0.25) is 5.90 Å². The Morgan fingerprint density at radius 2 is 1.50 bits per heavy atom. The Labute approximate surface area is 118 Å². The molecule has 3 nitrogen and oxygen atoms in total. The maximum absolute atomic E-state index is 11.8. The second-order valence-corrected chi connectivity index (χ2v) is 4.11. The smallest absolute Gasteiger partial charge is 0.363 e. The van der Waals surface area contributed by atoms with E-state index in [0.29, 0.717) is 11.6 Å². The number of aliphatic imine (C=N–C) groups is 1. The first-order chi connectivity index (χ1) is 9.33. The zero-order chi connectivity index (χ0) is 13.1. The molecule has 0 bridgehead atoms. The van der Waals surface area contributed by atoms with Gasteiger partial charge >= 0.3 is 5.97 Å². The average Bonchev–Trinajstić information content (AvgIpc) is 2.82. The van der Waals surface area contributed by atoms with Crippen LogP contribution in [0, 0.1) is 0 Å². The number of carbonyl (C=O) groups is 1. The van der Waals surface area contributed by atoms with Crippen molar-refractivity contribution >= 4 is 17.9 Å². The van der Waals surface area contributed by atoms with E-state index in [1.807, 2.05) is 60.7 Å². The van der Waals surface area contributed by atoms with E-state index in [2.05, 4.69) is 4.99 Å². The van der Waals surface area contributed by atoms with Crippen LogP contribution in [-0.2, 0) is 9.53 Å². The van der Waals surface area contributed by atoms with Crippen LogP contribution in [0.3, 0.4) is 0 Å². The number of cyclic esters (lactones) is 1. The van der Waals surface area contributed by atoms with E-state index in [-0.39, 0.29) is 7.43 Å². The average molecular weight is 265 g/mol. The summed E-state index contributed by atoms with van der Waals surface area (Å²) in [5, 5.41) is 0. The van der Waals surface area contributed by atoms with Gasteiger partial charge in [-0.2, -0.15) is 0 Å². The van der Waals surface area contributed by atoms with Gasteiger partial charge in [0.15, 0.2) is 5.70 Å². The molecule has 0 fully saturated rings. The van der Waals surface area contributed by atoms with Crippen molar-refractivity contribution in [2.24, 2.45) is 4.99 Å². The summed E-state index contributed by atoms with van der Waals surface area (Å²) >= 11 is 0.